The Balaban J connectivity index is 1.45. The van der Waals surface area contributed by atoms with Gasteiger partial charge in [0.25, 0.3) is 0 Å². The van der Waals surface area contributed by atoms with Crippen molar-refractivity contribution in [3.63, 3.8) is 0 Å². The lowest BCUT2D eigenvalue weighted by Gasteiger charge is -2.36. The van der Waals surface area contributed by atoms with Crippen LogP contribution in [0.15, 0.2) is 41.3 Å². The van der Waals surface area contributed by atoms with E-state index >= 15 is 0 Å². The number of carbonyl (C=O) groups excluding carboxylic acids is 2. The van der Waals surface area contributed by atoms with E-state index in [2.05, 4.69) is 15.5 Å². The Kier molecular flexibility index (Phi) is 8.18. The molecule has 0 bridgehead atoms. The highest BCUT2D eigenvalue weighted by atomic mass is 32.2. The number of Topliss-reactive ketones (excluding diaryl/α,β-unsaturated/α-hetero) is 1. The number of likely N-dealkylation sites (tertiary alicyclic amines) is 1. The number of halogens is 2. The Morgan fingerprint density at radius 3 is 2.47 bits per heavy atom. The third-order valence-corrected chi connectivity index (χ3v) is 9.98. The lowest BCUT2D eigenvalue weighted by atomic mass is 9.83. The number of likely N-dealkylation sites (N-methyl/N-ethyl adjacent to an activating group) is 1. The van der Waals surface area contributed by atoms with Crippen molar-refractivity contribution in [3.8, 4) is 0 Å². The van der Waals surface area contributed by atoms with E-state index in [0.29, 0.717) is 34.3 Å². The third-order valence-electron chi connectivity index (χ3n) is 8.21. The number of anilines is 2. The zero-order chi connectivity index (χ0) is 31.3. The van der Waals surface area contributed by atoms with Gasteiger partial charge < -0.3 is 10.2 Å². The van der Waals surface area contributed by atoms with Crippen LogP contribution in [0.25, 0.3) is 0 Å². The molecule has 230 valence electrons. The number of rotatable bonds is 8. The number of aromatic amines is 1. The van der Waals surface area contributed by atoms with E-state index in [0.717, 1.165) is 41.5 Å². The molecule has 10 nitrogen and oxygen atoms in total. The first kappa shape index (κ1) is 30.8. The van der Waals surface area contributed by atoms with Crippen molar-refractivity contribution in [2.75, 3.05) is 44.4 Å². The smallest absolute Gasteiger partial charge is 0.243 e. The van der Waals surface area contributed by atoms with Gasteiger partial charge in [0.1, 0.15) is 11.6 Å². The lowest BCUT2D eigenvalue weighted by Crippen LogP contribution is -2.45. The van der Waals surface area contributed by atoms with Crippen molar-refractivity contribution >= 4 is 33.1 Å². The molecular formula is C30H36F2N6O4S. The molecule has 1 atom stereocenters. The largest absolute Gasteiger partial charge is 0.378 e. The SMILES string of the molecule is CN(C)c1ccc(C(=O)Cc2[nH]nc3c2CN(S(=O)(=O)c2cc(F)cc(F)c2)CC3(C)C)c(NC(=O)[C@@H]2CCCN2C)c1. The first-order valence-corrected chi connectivity index (χ1v) is 15.5. The second-order valence-electron chi connectivity index (χ2n) is 12.1. The van der Waals surface area contributed by atoms with Gasteiger partial charge in [0.2, 0.25) is 15.9 Å². The Morgan fingerprint density at radius 1 is 1.14 bits per heavy atom. The molecule has 2 aliphatic rings. The van der Waals surface area contributed by atoms with Gasteiger partial charge in [0, 0.05) is 61.2 Å². The highest BCUT2D eigenvalue weighted by molar-refractivity contribution is 7.89. The van der Waals surface area contributed by atoms with Crippen molar-refractivity contribution < 1.29 is 26.8 Å². The van der Waals surface area contributed by atoms with Crippen molar-refractivity contribution in [3.05, 3.63) is 70.5 Å². The van der Waals surface area contributed by atoms with Gasteiger partial charge in [-0.15, -0.1) is 0 Å². The first-order chi connectivity index (χ1) is 20.2. The molecule has 0 unspecified atom stereocenters. The van der Waals surface area contributed by atoms with Gasteiger partial charge in [0.05, 0.1) is 28.7 Å². The summed E-state index contributed by atoms with van der Waals surface area (Å²) in [5, 5.41) is 10.3. The topological polar surface area (TPSA) is 119 Å². The van der Waals surface area contributed by atoms with E-state index in [1.165, 1.54) is 0 Å². The van der Waals surface area contributed by atoms with Crippen molar-refractivity contribution in [2.24, 2.45) is 0 Å². The van der Waals surface area contributed by atoms with E-state index in [1.807, 2.05) is 44.8 Å². The van der Waals surface area contributed by atoms with Crippen molar-refractivity contribution in [1.29, 1.82) is 0 Å². The van der Waals surface area contributed by atoms with Gasteiger partial charge in [0.15, 0.2) is 5.78 Å². The van der Waals surface area contributed by atoms with Crippen LogP contribution >= 0.6 is 0 Å². The number of hydrogen-bond donors (Lipinski definition) is 2. The van der Waals surface area contributed by atoms with Crippen LogP contribution in [-0.4, -0.2) is 79.8 Å². The zero-order valence-electron chi connectivity index (χ0n) is 24.9. The minimum atomic E-state index is -4.27. The van der Waals surface area contributed by atoms with Crippen LogP contribution in [0.5, 0.6) is 0 Å². The fraction of sp³-hybridized carbons (Fsp3) is 0.433. The predicted molar refractivity (Wildman–Crippen MR) is 159 cm³/mol. The molecule has 2 aliphatic heterocycles. The highest BCUT2D eigenvalue weighted by Gasteiger charge is 2.41. The number of amides is 1. The van der Waals surface area contributed by atoms with Crippen LogP contribution < -0.4 is 10.2 Å². The van der Waals surface area contributed by atoms with Crippen LogP contribution in [0, 0.1) is 11.6 Å². The average Bonchev–Trinajstić information content (AvgIpc) is 3.54. The molecule has 13 heteroatoms. The van der Waals surface area contributed by atoms with Gasteiger partial charge in [-0.2, -0.15) is 9.40 Å². The fourth-order valence-corrected chi connectivity index (χ4v) is 7.51. The summed E-state index contributed by atoms with van der Waals surface area (Å²) >= 11 is 0. The van der Waals surface area contributed by atoms with E-state index < -0.39 is 32.0 Å². The Hall–Kier alpha value is -3.68. The lowest BCUT2D eigenvalue weighted by molar-refractivity contribution is -0.119. The molecule has 0 aliphatic carbocycles. The number of ketones is 1. The quantitative estimate of drug-likeness (QED) is 0.372. The monoisotopic (exact) mass is 614 g/mol. The number of H-pyrrole nitrogens is 1. The minimum absolute atomic E-state index is 0.0243. The normalized spacial score (nSPS) is 18.8. The van der Waals surface area contributed by atoms with Gasteiger partial charge in [-0.1, -0.05) is 13.8 Å². The van der Waals surface area contributed by atoms with Gasteiger partial charge in [-0.25, -0.2) is 17.2 Å². The standard InChI is InChI=1S/C30H36F2N6O4S/c1-30(2)17-38(43(41,42)21-12-18(31)11-19(32)13-21)16-23-25(34-35-28(23)30)15-27(39)22-9-8-20(36(3)4)14-24(22)33-29(40)26-7-6-10-37(26)5/h8-9,11-14,26H,6-7,10,15-17H2,1-5H3,(H,33,40)(H,34,35)/t26-/m0/s1. The van der Waals surface area contributed by atoms with Crippen molar-refractivity contribution in [1.82, 2.24) is 19.4 Å². The summed E-state index contributed by atoms with van der Waals surface area (Å²) in [6.07, 6.45) is 1.52. The predicted octanol–water partition coefficient (Wildman–Crippen LogP) is 3.69. The van der Waals surface area contributed by atoms with Crippen LogP contribution in [-0.2, 0) is 33.2 Å². The molecular weight excluding hydrogens is 578 g/mol. The molecule has 1 fully saturated rings. The summed E-state index contributed by atoms with van der Waals surface area (Å²) in [7, 11) is 1.36. The van der Waals surface area contributed by atoms with Crippen molar-refractivity contribution in [2.45, 2.75) is 56.0 Å². The van der Waals surface area contributed by atoms with E-state index in [-0.39, 0.29) is 37.2 Å². The summed E-state index contributed by atoms with van der Waals surface area (Å²) in [6, 6.07) is 7.14. The number of sulfonamides is 1. The summed E-state index contributed by atoms with van der Waals surface area (Å²) in [5.74, 6) is -2.46. The summed E-state index contributed by atoms with van der Waals surface area (Å²) in [5.41, 5.74) is 2.35. The van der Waals surface area contributed by atoms with Crippen LogP contribution in [0.1, 0.15) is 54.0 Å². The maximum atomic E-state index is 13.9. The number of hydrogen-bond acceptors (Lipinski definition) is 7. The average molecular weight is 615 g/mol. The van der Waals surface area contributed by atoms with Crippen LogP contribution in [0.2, 0.25) is 0 Å². The third kappa shape index (κ3) is 6.06. The number of nitrogens with one attached hydrogen (secondary N) is 2. The molecule has 1 saturated heterocycles. The molecule has 3 aromatic rings. The number of aromatic nitrogens is 2. The van der Waals surface area contributed by atoms with E-state index in [1.54, 1.807) is 18.2 Å². The molecule has 43 heavy (non-hydrogen) atoms. The number of nitrogens with zero attached hydrogens (tertiary/aromatic N) is 4. The second-order valence-corrected chi connectivity index (χ2v) is 14.1. The Bertz CT molecular complexity index is 1670. The maximum absolute atomic E-state index is 13.9. The molecule has 1 amide bonds. The molecule has 1 aromatic heterocycles. The van der Waals surface area contributed by atoms with Gasteiger partial charge in [-0.3, -0.25) is 19.6 Å². The summed E-state index contributed by atoms with van der Waals surface area (Å²) in [4.78, 5) is 30.3. The Labute approximate surface area is 250 Å². The van der Waals surface area contributed by atoms with Gasteiger partial charge in [-0.05, 0) is 56.8 Å². The van der Waals surface area contributed by atoms with Crippen LogP contribution in [0.4, 0.5) is 20.2 Å². The molecule has 3 heterocycles. The zero-order valence-corrected chi connectivity index (χ0v) is 25.7. The summed E-state index contributed by atoms with van der Waals surface area (Å²) in [6.45, 7) is 4.36. The highest BCUT2D eigenvalue weighted by Crippen LogP contribution is 2.37. The number of carbonyl (C=O) groups is 2. The van der Waals surface area contributed by atoms with Gasteiger partial charge >= 0.3 is 0 Å². The maximum Gasteiger partial charge on any atom is 0.243 e. The number of fused-ring (bicyclic) bond motifs is 1. The summed E-state index contributed by atoms with van der Waals surface area (Å²) < 4.78 is 55.9. The second kappa shape index (κ2) is 11.4. The molecule has 0 saturated carbocycles. The molecule has 2 aromatic carbocycles. The molecule has 0 radical (unpaired) electrons. The molecule has 0 spiro atoms. The molecule has 5 rings (SSSR count). The minimum Gasteiger partial charge on any atom is -0.378 e. The van der Waals surface area contributed by atoms with E-state index in [4.69, 9.17) is 0 Å². The molecule has 2 N–H and O–H groups in total. The van der Waals surface area contributed by atoms with Crippen LogP contribution in [0.3, 0.4) is 0 Å². The fourth-order valence-electron chi connectivity index (χ4n) is 5.89. The first-order valence-electron chi connectivity index (χ1n) is 14.1. The Morgan fingerprint density at radius 2 is 1.84 bits per heavy atom. The number of benzene rings is 2. The van der Waals surface area contributed by atoms with E-state index in [9.17, 15) is 26.8 Å².